The van der Waals surface area contributed by atoms with Gasteiger partial charge in [-0.15, -0.1) is 0 Å². The number of carbonyl (C=O) groups excluding carboxylic acids is 1. The van der Waals surface area contributed by atoms with Crippen LogP contribution in [-0.2, 0) is 0 Å². The van der Waals surface area contributed by atoms with Crippen molar-refractivity contribution in [3.05, 3.63) is 40.9 Å². The largest absolute Gasteiger partial charge is 0.497 e. The number of piperidine rings is 1. The molecule has 0 aliphatic carbocycles. The second-order valence-corrected chi connectivity index (χ2v) is 5.78. The van der Waals surface area contributed by atoms with Crippen molar-refractivity contribution < 1.29 is 9.53 Å². The second-order valence-electron chi connectivity index (χ2n) is 5.39. The highest BCUT2D eigenvalue weighted by atomic mass is 32.1. The maximum atomic E-state index is 12.5. The molecule has 6 heteroatoms. The summed E-state index contributed by atoms with van der Waals surface area (Å²) in [5.41, 5.74) is 1.45. The number of likely N-dealkylation sites (tertiary alicyclic amines) is 1. The van der Waals surface area contributed by atoms with Gasteiger partial charge in [0, 0.05) is 25.0 Å². The van der Waals surface area contributed by atoms with E-state index in [-0.39, 0.29) is 5.91 Å². The third-order valence-corrected chi connectivity index (χ3v) is 4.24. The molecule has 0 unspecified atom stereocenters. The van der Waals surface area contributed by atoms with Crippen molar-refractivity contribution in [1.29, 1.82) is 0 Å². The summed E-state index contributed by atoms with van der Waals surface area (Å²) in [7, 11) is 1.63. The molecule has 2 aromatic rings. The standard InChI is InChI=1S/C16H19N3O2S/c1-21-13-7-5-12(6-8-13)19-11-14(17-16(19)22)15(20)18-9-3-2-4-10-18/h5-8,11H,2-4,9-10H2,1H3,(H,17,22). The summed E-state index contributed by atoms with van der Waals surface area (Å²) < 4.78 is 7.48. The average Bonchev–Trinajstić information content (AvgIpc) is 2.97. The number of nitrogens with zero attached hydrogens (tertiary/aromatic N) is 2. The van der Waals surface area contributed by atoms with Gasteiger partial charge in [0.05, 0.1) is 7.11 Å². The lowest BCUT2D eigenvalue weighted by Crippen LogP contribution is -2.35. The van der Waals surface area contributed by atoms with Crippen LogP contribution in [0.15, 0.2) is 30.5 Å². The zero-order chi connectivity index (χ0) is 15.5. The molecule has 0 saturated carbocycles. The Morgan fingerprint density at radius 2 is 1.86 bits per heavy atom. The third-order valence-electron chi connectivity index (χ3n) is 3.94. The van der Waals surface area contributed by atoms with Crippen molar-refractivity contribution in [2.75, 3.05) is 20.2 Å². The number of hydrogen-bond acceptors (Lipinski definition) is 3. The highest BCUT2D eigenvalue weighted by Crippen LogP contribution is 2.17. The van der Waals surface area contributed by atoms with E-state index in [1.807, 2.05) is 33.7 Å². The predicted octanol–water partition coefficient (Wildman–Crippen LogP) is 3.17. The monoisotopic (exact) mass is 317 g/mol. The number of aromatic nitrogens is 2. The molecule has 116 valence electrons. The Bertz CT molecular complexity index is 712. The minimum absolute atomic E-state index is 0.0260. The van der Waals surface area contributed by atoms with E-state index in [4.69, 9.17) is 17.0 Å². The van der Waals surface area contributed by atoms with Crippen molar-refractivity contribution in [3.63, 3.8) is 0 Å². The van der Waals surface area contributed by atoms with Gasteiger partial charge in [-0.25, -0.2) is 0 Å². The number of nitrogens with one attached hydrogen (secondary N) is 1. The van der Waals surface area contributed by atoms with Crippen LogP contribution in [0.3, 0.4) is 0 Å². The summed E-state index contributed by atoms with van der Waals surface area (Å²) in [5, 5.41) is 0. The number of H-pyrrole nitrogens is 1. The van der Waals surface area contributed by atoms with Crippen LogP contribution >= 0.6 is 12.2 Å². The number of ether oxygens (including phenoxy) is 1. The van der Waals surface area contributed by atoms with E-state index in [1.165, 1.54) is 6.42 Å². The van der Waals surface area contributed by atoms with Crippen LogP contribution in [0.2, 0.25) is 0 Å². The molecule has 1 saturated heterocycles. The van der Waals surface area contributed by atoms with E-state index in [0.29, 0.717) is 10.5 Å². The van der Waals surface area contributed by atoms with Crippen molar-refractivity contribution in [2.24, 2.45) is 0 Å². The first kappa shape index (κ1) is 14.8. The van der Waals surface area contributed by atoms with Gasteiger partial charge in [0.15, 0.2) is 4.77 Å². The van der Waals surface area contributed by atoms with Gasteiger partial charge in [0.1, 0.15) is 11.4 Å². The van der Waals surface area contributed by atoms with Crippen LogP contribution < -0.4 is 4.74 Å². The molecule has 0 atom stereocenters. The number of hydrogen-bond donors (Lipinski definition) is 1. The molecule has 0 bridgehead atoms. The average molecular weight is 317 g/mol. The van der Waals surface area contributed by atoms with Gasteiger partial charge in [0.2, 0.25) is 0 Å². The number of benzene rings is 1. The normalized spacial score (nSPS) is 14.9. The second kappa shape index (κ2) is 6.36. The Balaban J connectivity index is 1.86. The molecule has 1 aromatic carbocycles. The fourth-order valence-electron chi connectivity index (χ4n) is 2.71. The predicted molar refractivity (Wildman–Crippen MR) is 87.3 cm³/mol. The first-order valence-electron chi connectivity index (χ1n) is 7.44. The summed E-state index contributed by atoms with van der Waals surface area (Å²) in [6, 6.07) is 7.57. The SMILES string of the molecule is COc1ccc(-n2cc(C(=O)N3CCCCC3)[nH]c2=S)cc1. The Morgan fingerprint density at radius 3 is 2.50 bits per heavy atom. The molecule has 1 fully saturated rings. The molecule has 2 heterocycles. The van der Waals surface area contributed by atoms with Crippen LogP contribution in [0.5, 0.6) is 5.75 Å². The van der Waals surface area contributed by atoms with Gasteiger partial charge >= 0.3 is 0 Å². The molecule has 1 aliphatic heterocycles. The van der Waals surface area contributed by atoms with Crippen molar-refractivity contribution in [2.45, 2.75) is 19.3 Å². The van der Waals surface area contributed by atoms with Crippen molar-refractivity contribution >= 4 is 18.1 Å². The van der Waals surface area contributed by atoms with Gasteiger partial charge in [-0.3, -0.25) is 9.36 Å². The molecule has 5 nitrogen and oxygen atoms in total. The van der Waals surface area contributed by atoms with E-state index < -0.39 is 0 Å². The lowest BCUT2D eigenvalue weighted by Gasteiger charge is -2.25. The first-order valence-corrected chi connectivity index (χ1v) is 7.85. The summed E-state index contributed by atoms with van der Waals surface area (Å²) in [6.07, 6.45) is 5.13. The summed E-state index contributed by atoms with van der Waals surface area (Å²) >= 11 is 5.34. The van der Waals surface area contributed by atoms with Crippen LogP contribution in [0.1, 0.15) is 29.8 Å². The van der Waals surface area contributed by atoms with E-state index in [2.05, 4.69) is 4.98 Å². The molecule has 0 spiro atoms. The number of methoxy groups -OCH3 is 1. The highest BCUT2D eigenvalue weighted by molar-refractivity contribution is 7.71. The molecule has 1 aliphatic rings. The topological polar surface area (TPSA) is 50.3 Å². The quantitative estimate of drug-likeness (QED) is 0.885. The van der Waals surface area contributed by atoms with Gasteiger partial charge < -0.3 is 14.6 Å². The summed E-state index contributed by atoms with van der Waals surface area (Å²) in [5.74, 6) is 0.813. The lowest BCUT2D eigenvalue weighted by atomic mass is 10.1. The summed E-state index contributed by atoms with van der Waals surface area (Å²) in [4.78, 5) is 17.4. The van der Waals surface area contributed by atoms with E-state index >= 15 is 0 Å². The Morgan fingerprint density at radius 1 is 1.18 bits per heavy atom. The molecule has 0 radical (unpaired) electrons. The number of aromatic amines is 1. The van der Waals surface area contributed by atoms with Crippen LogP contribution in [-0.4, -0.2) is 40.6 Å². The molecular formula is C16H19N3O2S. The minimum Gasteiger partial charge on any atom is -0.497 e. The maximum absolute atomic E-state index is 12.5. The summed E-state index contributed by atoms with van der Waals surface area (Å²) in [6.45, 7) is 1.65. The fraction of sp³-hybridized carbons (Fsp3) is 0.375. The van der Waals surface area contributed by atoms with Gasteiger partial charge in [-0.05, 0) is 55.7 Å². The molecular weight excluding hydrogens is 298 g/mol. The Labute approximate surface area is 134 Å². The van der Waals surface area contributed by atoms with Crippen molar-refractivity contribution in [3.8, 4) is 11.4 Å². The molecule has 3 rings (SSSR count). The molecule has 1 aromatic heterocycles. The lowest BCUT2D eigenvalue weighted by molar-refractivity contribution is 0.0719. The number of amides is 1. The molecule has 22 heavy (non-hydrogen) atoms. The maximum Gasteiger partial charge on any atom is 0.271 e. The Hall–Kier alpha value is -2.08. The molecule has 1 N–H and O–H groups in total. The molecule has 1 amide bonds. The smallest absolute Gasteiger partial charge is 0.271 e. The number of rotatable bonds is 3. The fourth-order valence-corrected chi connectivity index (χ4v) is 2.97. The zero-order valence-electron chi connectivity index (χ0n) is 12.5. The minimum atomic E-state index is 0.0260. The van der Waals surface area contributed by atoms with Gasteiger partial charge in [-0.1, -0.05) is 0 Å². The number of imidazole rings is 1. The third kappa shape index (κ3) is 2.92. The Kier molecular flexibility index (Phi) is 4.29. The highest BCUT2D eigenvalue weighted by Gasteiger charge is 2.20. The van der Waals surface area contributed by atoms with Crippen LogP contribution in [0.4, 0.5) is 0 Å². The van der Waals surface area contributed by atoms with Crippen LogP contribution in [0, 0.1) is 4.77 Å². The van der Waals surface area contributed by atoms with E-state index in [0.717, 1.165) is 37.4 Å². The number of carbonyl (C=O) groups is 1. The van der Waals surface area contributed by atoms with Gasteiger partial charge in [-0.2, -0.15) is 0 Å². The van der Waals surface area contributed by atoms with E-state index in [9.17, 15) is 4.79 Å². The zero-order valence-corrected chi connectivity index (χ0v) is 13.4. The van der Waals surface area contributed by atoms with E-state index in [1.54, 1.807) is 13.3 Å². The van der Waals surface area contributed by atoms with Crippen LogP contribution in [0.25, 0.3) is 5.69 Å². The van der Waals surface area contributed by atoms with Crippen molar-refractivity contribution in [1.82, 2.24) is 14.5 Å². The van der Waals surface area contributed by atoms with Gasteiger partial charge in [0.25, 0.3) is 5.91 Å². The first-order chi connectivity index (χ1) is 10.7.